The number of anilines is 2. The molecule has 0 bridgehead atoms. The molecule has 11 heteroatoms. The van der Waals surface area contributed by atoms with Crippen LogP contribution < -0.4 is 14.8 Å². The molecule has 0 radical (unpaired) electrons. The Bertz CT molecular complexity index is 1530. The molecule has 190 valence electrons. The highest BCUT2D eigenvalue weighted by molar-refractivity contribution is 7.92. The van der Waals surface area contributed by atoms with Gasteiger partial charge in [0.2, 0.25) is 0 Å². The number of carbonyl (C=O) groups is 1. The summed E-state index contributed by atoms with van der Waals surface area (Å²) < 4.78 is 33.8. The second kappa shape index (κ2) is 9.25. The zero-order valence-electron chi connectivity index (χ0n) is 19.6. The van der Waals surface area contributed by atoms with E-state index in [4.69, 9.17) is 9.84 Å². The van der Waals surface area contributed by atoms with Gasteiger partial charge in [-0.3, -0.25) is 14.8 Å². The summed E-state index contributed by atoms with van der Waals surface area (Å²) in [6.45, 7) is 0. The van der Waals surface area contributed by atoms with Crippen LogP contribution in [0.2, 0.25) is 0 Å². The third kappa shape index (κ3) is 4.49. The SMILES string of the molecule is COc1ccc([C@@H]2Nc3ccc(S(=O)(=O)Nc4ccc(C(=O)O)cc4)cc3[C@@H]3C=CC[C@H]32)cc1[N+](=O)[O-]. The largest absolute Gasteiger partial charge is 0.490 e. The summed E-state index contributed by atoms with van der Waals surface area (Å²) >= 11 is 0. The van der Waals surface area contributed by atoms with Crippen LogP contribution in [-0.2, 0) is 10.0 Å². The Kier molecular flexibility index (Phi) is 6.08. The Morgan fingerprint density at radius 3 is 2.57 bits per heavy atom. The number of nitrogens with one attached hydrogen (secondary N) is 2. The predicted molar refractivity (Wildman–Crippen MR) is 137 cm³/mol. The summed E-state index contributed by atoms with van der Waals surface area (Å²) in [4.78, 5) is 22.2. The highest BCUT2D eigenvalue weighted by Gasteiger charge is 2.39. The van der Waals surface area contributed by atoms with Crippen molar-refractivity contribution in [3.05, 3.63) is 99.6 Å². The Hall–Kier alpha value is -4.38. The van der Waals surface area contributed by atoms with Crippen LogP contribution in [0.25, 0.3) is 0 Å². The van der Waals surface area contributed by atoms with Crippen LogP contribution in [0.3, 0.4) is 0 Å². The standard InChI is InChI=1S/C26H23N3O7S/c1-36-24-12-7-16(13-23(24)29(32)33)25-20-4-2-3-19(20)21-14-18(10-11-22(21)27-25)37(34,35)28-17-8-5-15(6-9-17)26(30)31/h2-3,5-14,19-20,25,27-28H,4H2,1H3,(H,30,31)/t19-,20-,25+/m1/s1. The normalized spacial score (nSPS) is 19.9. The zero-order valence-corrected chi connectivity index (χ0v) is 20.4. The monoisotopic (exact) mass is 521 g/mol. The number of fused-ring (bicyclic) bond motifs is 3. The van der Waals surface area contributed by atoms with Crippen LogP contribution in [0.4, 0.5) is 17.1 Å². The number of carboxylic acids is 1. The smallest absolute Gasteiger partial charge is 0.335 e. The molecule has 0 amide bonds. The number of hydrogen-bond donors (Lipinski definition) is 3. The average molecular weight is 522 g/mol. The van der Waals surface area contributed by atoms with Crippen molar-refractivity contribution >= 4 is 33.1 Å². The molecule has 0 saturated carbocycles. The van der Waals surface area contributed by atoms with Crippen molar-refractivity contribution in [1.29, 1.82) is 0 Å². The highest BCUT2D eigenvalue weighted by atomic mass is 32.2. The summed E-state index contributed by atoms with van der Waals surface area (Å²) in [5.74, 6) is -0.952. The van der Waals surface area contributed by atoms with Gasteiger partial charge in [-0.2, -0.15) is 0 Å². The van der Waals surface area contributed by atoms with Crippen LogP contribution in [0.5, 0.6) is 5.75 Å². The average Bonchev–Trinajstić information content (AvgIpc) is 3.38. The number of nitro benzene ring substituents is 1. The molecule has 3 aromatic rings. The van der Waals surface area contributed by atoms with Crippen LogP contribution in [0.1, 0.15) is 39.9 Å². The maximum absolute atomic E-state index is 13.1. The fourth-order valence-electron chi connectivity index (χ4n) is 5.01. The van der Waals surface area contributed by atoms with Crippen molar-refractivity contribution in [1.82, 2.24) is 0 Å². The van der Waals surface area contributed by atoms with Gasteiger partial charge in [0.25, 0.3) is 10.0 Å². The Labute approximate surface area is 212 Å². The summed E-state index contributed by atoms with van der Waals surface area (Å²) in [6, 6.07) is 15.0. The van der Waals surface area contributed by atoms with Gasteiger partial charge in [-0.05, 0) is 72.0 Å². The van der Waals surface area contributed by atoms with Crippen molar-refractivity contribution in [2.75, 3.05) is 17.1 Å². The molecule has 0 spiro atoms. The molecule has 1 aliphatic heterocycles. The first kappa shape index (κ1) is 24.3. The number of allylic oxidation sites excluding steroid dienone is 2. The molecular weight excluding hydrogens is 498 g/mol. The predicted octanol–water partition coefficient (Wildman–Crippen LogP) is 4.93. The van der Waals surface area contributed by atoms with Gasteiger partial charge < -0.3 is 15.2 Å². The van der Waals surface area contributed by atoms with Gasteiger partial charge in [0, 0.05) is 23.4 Å². The number of ether oxygens (including phenoxy) is 1. The third-order valence-corrected chi connectivity index (χ3v) is 8.17. The van der Waals surface area contributed by atoms with E-state index in [0.29, 0.717) is 0 Å². The molecule has 1 heterocycles. The number of hydrogen-bond acceptors (Lipinski definition) is 7. The van der Waals surface area contributed by atoms with Crippen molar-refractivity contribution in [3.63, 3.8) is 0 Å². The van der Waals surface area contributed by atoms with Gasteiger partial charge >= 0.3 is 11.7 Å². The quantitative estimate of drug-likeness (QED) is 0.225. The van der Waals surface area contributed by atoms with E-state index in [1.807, 2.05) is 18.2 Å². The van der Waals surface area contributed by atoms with Gasteiger partial charge in [-0.15, -0.1) is 0 Å². The minimum absolute atomic E-state index is 0.0370. The number of nitrogens with zero attached hydrogens (tertiary/aromatic N) is 1. The lowest BCUT2D eigenvalue weighted by atomic mass is 9.77. The van der Waals surface area contributed by atoms with E-state index in [2.05, 4.69) is 10.0 Å². The molecule has 3 N–H and O–H groups in total. The van der Waals surface area contributed by atoms with E-state index in [1.165, 1.54) is 43.5 Å². The number of carboxylic acid groups (broad SMARTS) is 1. The fraction of sp³-hybridized carbons (Fsp3) is 0.192. The summed E-state index contributed by atoms with van der Waals surface area (Å²) in [6.07, 6.45) is 4.82. The van der Waals surface area contributed by atoms with E-state index in [9.17, 15) is 23.3 Å². The van der Waals surface area contributed by atoms with Gasteiger partial charge in [-0.25, -0.2) is 13.2 Å². The van der Waals surface area contributed by atoms with Crippen LogP contribution in [-0.4, -0.2) is 31.5 Å². The molecule has 10 nitrogen and oxygen atoms in total. The first-order valence-electron chi connectivity index (χ1n) is 11.4. The van der Waals surface area contributed by atoms with Gasteiger partial charge in [0.05, 0.1) is 28.5 Å². The number of rotatable bonds is 7. The molecule has 0 saturated heterocycles. The lowest BCUT2D eigenvalue weighted by Crippen LogP contribution is -2.29. The molecule has 3 atom stereocenters. The molecule has 37 heavy (non-hydrogen) atoms. The molecule has 3 aromatic carbocycles. The van der Waals surface area contributed by atoms with E-state index in [1.54, 1.807) is 18.2 Å². The topological polar surface area (TPSA) is 148 Å². The lowest BCUT2D eigenvalue weighted by Gasteiger charge is -2.37. The molecule has 0 fully saturated rings. The summed E-state index contributed by atoms with van der Waals surface area (Å²) in [5, 5.41) is 24.1. The third-order valence-electron chi connectivity index (χ3n) is 6.79. The number of sulfonamides is 1. The summed E-state index contributed by atoms with van der Waals surface area (Å²) in [7, 11) is -2.55. The van der Waals surface area contributed by atoms with Gasteiger partial charge in [0.1, 0.15) is 0 Å². The first-order chi connectivity index (χ1) is 17.7. The van der Waals surface area contributed by atoms with E-state index >= 15 is 0 Å². The van der Waals surface area contributed by atoms with E-state index in [-0.39, 0.29) is 45.5 Å². The molecule has 0 aromatic heterocycles. The maximum atomic E-state index is 13.1. The lowest BCUT2D eigenvalue weighted by molar-refractivity contribution is -0.385. The number of nitro groups is 1. The Balaban J connectivity index is 1.46. The number of benzene rings is 3. The second-order valence-corrected chi connectivity index (χ2v) is 10.6. The molecule has 5 rings (SSSR count). The zero-order chi connectivity index (χ0) is 26.3. The Morgan fingerprint density at radius 2 is 1.89 bits per heavy atom. The van der Waals surface area contributed by atoms with Crippen molar-refractivity contribution in [3.8, 4) is 5.75 Å². The van der Waals surface area contributed by atoms with Gasteiger partial charge in [-0.1, -0.05) is 18.2 Å². The van der Waals surface area contributed by atoms with E-state index < -0.39 is 20.9 Å². The minimum atomic E-state index is -3.94. The maximum Gasteiger partial charge on any atom is 0.335 e. The molecule has 0 unspecified atom stereocenters. The minimum Gasteiger partial charge on any atom is -0.490 e. The molecular formula is C26H23N3O7S. The number of aromatic carboxylic acids is 1. The van der Waals surface area contributed by atoms with Crippen LogP contribution in [0.15, 0.2) is 77.7 Å². The van der Waals surface area contributed by atoms with Crippen LogP contribution >= 0.6 is 0 Å². The fourth-order valence-corrected chi connectivity index (χ4v) is 6.10. The van der Waals surface area contributed by atoms with Crippen LogP contribution in [0, 0.1) is 16.0 Å². The van der Waals surface area contributed by atoms with E-state index in [0.717, 1.165) is 23.2 Å². The first-order valence-corrected chi connectivity index (χ1v) is 12.9. The van der Waals surface area contributed by atoms with Gasteiger partial charge in [0.15, 0.2) is 5.75 Å². The van der Waals surface area contributed by atoms with Crippen molar-refractivity contribution in [2.24, 2.45) is 5.92 Å². The van der Waals surface area contributed by atoms with Crippen molar-refractivity contribution < 1.29 is 28.0 Å². The highest BCUT2D eigenvalue weighted by Crippen LogP contribution is 2.51. The molecule has 1 aliphatic carbocycles. The molecule has 2 aliphatic rings. The Morgan fingerprint density at radius 1 is 1.14 bits per heavy atom. The van der Waals surface area contributed by atoms with Crippen molar-refractivity contribution in [2.45, 2.75) is 23.3 Å². The second-order valence-electron chi connectivity index (χ2n) is 8.90. The summed E-state index contributed by atoms with van der Waals surface area (Å²) in [5.41, 5.74) is 2.52. The number of methoxy groups -OCH3 is 1.